The maximum Gasteiger partial charge on any atom is 0.181 e. The van der Waals surface area contributed by atoms with Crippen LogP contribution in [0.5, 0.6) is 0 Å². The first-order valence-corrected chi connectivity index (χ1v) is 12.6. The van der Waals surface area contributed by atoms with Crippen molar-refractivity contribution in [1.82, 2.24) is 0 Å². The lowest BCUT2D eigenvalue weighted by molar-refractivity contribution is -0.110. The first kappa shape index (κ1) is 13.4. The molecular formula is C12H22O2Si2. The second-order valence-corrected chi connectivity index (χ2v) is 16.3. The van der Waals surface area contributed by atoms with Gasteiger partial charge in [0.1, 0.15) is 5.76 Å². The van der Waals surface area contributed by atoms with Crippen LogP contribution in [0.3, 0.4) is 0 Å². The van der Waals surface area contributed by atoms with Crippen LogP contribution in [0.4, 0.5) is 0 Å². The van der Waals surface area contributed by atoms with E-state index in [-0.39, 0.29) is 5.78 Å². The number of ketones is 1. The van der Waals surface area contributed by atoms with Gasteiger partial charge in [-0.05, 0) is 10.4 Å². The topological polar surface area (TPSA) is 26.3 Å². The third-order valence-corrected chi connectivity index (χ3v) is 6.97. The van der Waals surface area contributed by atoms with Crippen LogP contribution in [0.1, 0.15) is 0 Å². The molecule has 0 aromatic carbocycles. The van der Waals surface area contributed by atoms with Crippen LogP contribution >= 0.6 is 0 Å². The van der Waals surface area contributed by atoms with E-state index in [1.54, 1.807) is 13.2 Å². The third kappa shape index (κ3) is 2.38. The van der Waals surface area contributed by atoms with Gasteiger partial charge in [-0.25, -0.2) is 0 Å². The van der Waals surface area contributed by atoms with E-state index in [0.29, 0.717) is 0 Å². The van der Waals surface area contributed by atoms with Crippen molar-refractivity contribution in [2.45, 2.75) is 39.3 Å². The molecule has 0 bridgehead atoms. The van der Waals surface area contributed by atoms with Gasteiger partial charge in [-0.3, -0.25) is 4.79 Å². The summed E-state index contributed by atoms with van der Waals surface area (Å²) in [5.41, 5.74) is 0. The van der Waals surface area contributed by atoms with Crippen LogP contribution in [0.25, 0.3) is 0 Å². The number of carbonyl (C=O) groups excluding carboxylic acids is 1. The Hall–Kier alpha value is -0.616. The van der Waals surface area contributed by atoms with Crippen molar-refractivity contribution in [3.63, 3.8) is 0 Å². The maximum atomic E-state index is 12.1. The van der Waals surface area contributed by atoms with Gasteiger partial charge in [-0.1, -0.05) is 39.3 Å². The average molecular weight is 254 g/mol. The van der Waals surface area contributed by atoms with Crippen LogP contribution < -0.4 is 0 Å². The fourth-order valence-electron chi connectivity index (χ4n) is 2.16. The lowest BCUT2D eigenvalue weighted by atomic mass is 10.4. The quantitative estimate of drug-likeness (QED) is 0.723. The number of ether oxygens (including phenoxy) is 1. The molecular weight excluding hydrogens is 232 g/mol. The molecule has 4 heteroatoms. The summed E-state index contributed by atoms with van der Waals surface area (Å²) in [6.45, 7) is 13.5. The Morgan fingerprint density at radius 2 is 1.38 bits per heavy atom. The van der Waals surface area contributed by atoms with E-state index in [1.165, 1.54) is 5.20 Å². The number of methoxy groups -OCH3 is 1. The summed E-state index contributed by atoms with van der Waals surface area (Å²) >= 11 is 0. The number of rotatable bonds is 3. The lowest BCUT2D eigenvalue weighted by Gasteiger charge is -2.27. The van der Waals surface area contributed by atoms with Gasteiger partial charge in [-0.15, -0.1) is 0 Å². The number of hydrogen-bond acceptors (Lipinski definition) is 2. The summed E-state index contributed by atoms with van der Waals surface area (Å²) in [5, 5.41) is 2.34. The third-order valence-electron chi connectivity index (χ3n) is 2.72. The van der Waals surface area contributed by atoms with E-state index in [4.69, 9.17) is 4.74 Å². The molecule has 0 aromatic rings. The van der Waals surface area contributed by atoms with Crippen LogP contribution in [-0.4, -0.2) is 29.0 Å². The molecule has 0 N–H and O–H groups in total. The first-order valence-electron chi connectivity index (χ1n) is 5.64. The van der Waals surface area contributed by atoms with Crippen LogP contribution in [0, 0.1) is 0 Å². The molecule has 1 aliphatic carbocycles. The molecule has 0 amide bonds. The zero-order valence-electron chi connectivity index (χ0n) is 11.4. The highest BCUT2D eigenvalue weighted by atomic mass is 28.3. The predicted molar refractivity (Wildman–Crippen MR) is 73.8 cm³/mol. The predicted octanol–water partition coefficient (Wildman–Crippen LogP) is 3.15. The lowest BCUT2D eigenvalue weighted by Crippen LogP contribution is -2.35. The standard InChI is InChI=1S/C12H22O2Si2/c1-14-10-8-9(13)11(15(2,3)4)12(10)16(5,6)7/h8H,1-7H3. The van der Waals surface area contributed by atoms with Crippen molar-refractivity contribution in [3.8, 4) is 0 Å². The van der Waals surface area contributed by atoms with Gasteiger partial charge < -0.3 is 4.74 Å². The highest BCUT2D eigenvalue weighted by Crippen LogP contribution is 2.36. The zero-order valence-corrected chi connectivity index (χ0v) is 13.4. The monoisotopic (exact) mass is 254 g/mol. The molecule has 0 radical (unpaired) electrons. The number of carbonyl (C=O) groups is 1. The van der Waals surface area contributed by atoms with Crippen molar-refractivity contribution in [2.24, 2.45) is 0 Å². The molecule has 0 fully saturated rings. The molecule has 0 heterocycles. The van der Waals surface area contributed by atoms with E-state index in [9.17, 15) is 4.79 Å². The molecule has 2 nitrogen and oxygen atoms in total. The molecule has 1 rings (SSSR count). The van der Waals surface area contributed by atoms with Gasteiger partial charge >= 0.3 is 0 Å². The molecule has 0 saturated carbocycles. The van der Waals surface area contributed by atoms with E-state index >= 15 is 0 Å². The van der Waals surface area contributed by atoms with Crippen LogP contribution in [0.2, 0.25) is 39.3 Å². The highest BCUT2D eigenvalue weighted by Gasteiger charge is 2.39. The Labute approximate surface area is 100 Å². The largest absolute Gasteiger partial charge is 0.497 e. The first-order chi connectivity index (χ1) is 7.09. The van der Waals surface area contributed by atoms with Crippen molar-refractivity contribution < 1.29 is 9.53 Å². The van der Waals surface area contributed by atoms with Gasteiger partial charge in [0.05, 0.1) is 23.3 Å². The Kier molecular flexibility index (Phi) is 3.36. The summed E-state index contributed by atoms with van der Waals surface area (Å²) in [5.74, 6) is 1.01. The normalized spacial score (nSPS) is 17.9. The number of hydrogen-bond donors (Lipinski definition) is 0. The summed E-state index contributed by atoms with van der Waals surface area (Å²) in [6, 6.07) is 0. The zero-order chi connectivity index (χ0) is 12.7. The Morgan fingerprint density at radius 3 is 1.69 bits per heavy atom. The van der Waals surface area contributed by atoms with Gasteiger partial charge in [0.15, 0.2) is 5.78 Å². The SMILES string of the molecule is COC1=CC(=O)C([Si](C)(C)C)=C1[Si](C)(C)C. The Bertz CT molecular complexity index is 379. The minimum atomic E-state index is -1.59. The molecule has 0 spiro atoms. The molecule has 0 saturated heterocycles. The molecule has 90 valence electrons. The smallest absolute Gasteiger partial charge is 0.181 e. The molecule has 16 heavy (non-hydrogen) atoms. The van der Waals surface area contributed by atoms with Crippen LogP contribution in [-0.2, 0) is 9.53 Å². The minimum Gasteiger partial charge on any atom is -0.497 e. The van der Waals surface area contributed by atoms with Gasteiger partial charge in [0.25, 0.3) is 0 Å². The van der Waals surface area contributed by atoms with Crippen molar-refractivity contribution >= 4 is 21.9 Å². The second kappa shape index (κ2) is 4.00. The van der Waals surface area contributed by atoms with Crippen molar-refractivity contribution in [3.05, 3.63) is 22.2 Å². The van der Waals surface area contributed by atoms with Crippen LogP contribution in [0.15, 0.2) is 22.2 Å². The molecule has 0 unspecified atom stereocenters. The summed E-state index contributed by atoms with van der Waals surface area (Å²) in [6.07, 6.45) is 1.68. The van der Waals surface area contributed by atoms with Crippen molar-refractivity contribution in [1.29, 1.82) is 0 Å². The molecule has 0 atom stereocenters. The minimum absolute atomic E-state index is 0.188. The second-order valence-electron chi connectivity index (χ2n) is 6.33. The molecule has 1 aliphatic rings. The van der Waals surface area contributed by atoms with Gasteiger partial charge in [0.2, 0.25) is 0 Å². The summed E-state index contributed by atoms with van der Waals surface area (Å²) < 4.78 is 5.39. The Balaban J connectivity index is 3.44. The van der Waals surface area contributed by atoms with Crippen molar-refractivity contribution in [2.75, 3.05) is 7.11 Å². The Morgan fingerprint density at radius 1 is 0.938 bits per heavy atom. The van der Waals surface area contributed by atoms with E-state index in [2.05, 4.69) is 39.3 Å². The molecule has 0 aromatic heterocycles. The summed E-state index contributed by atoms with van der Waals surface area (Å²) in [4.78, 5) is 12.1. The summed E-state index contributed by atoms with van der Waals surface area (Å²) in [7, 11) is -1.45. The highest BCUT2D eigenvalue weighted by molar-refractivity contribution is 6.93. The maximum absolute atomic E-state index is 12.1. The molecule has 0 aliphatic heterocycles. The van der Waals surface area contributed by atoms with E-state index in [0.717, 1.165) is 11.0 Å². The van der Waals surface area contributed by atoms with E-state index < -0.39 is 16.1 Å². The average Bonchev–Trinajstić information content (AvgIpc) is 2.40. The fourth-order valence-corrected chi connectivity index (χ4v) is 7.88. The number of allylic oxidation sites excluding steroid dienone is 3. The van der Waals surface area contributed by atoms with E-state index in [1.807, 2.05) is 0 Å². The van der Waals surface area contributed by atoms with Gasteiger partial charge in [0, 0.05) is 6.08 Å². The van der Waals surface area contributed by atoms with Gasteiger partial charge in [-0.2, -0.15) is 0 Å². The fraction of sp³-hybridized carbons (Fsp3) is 0.583.